The highest BCUT2D eigenvalue weighted by atomic mass is 32.2. The van der Waals surface area contributed by atoms with Gasteiger partial charge in [-0.05, 0) is 42.8 Å². The summed E-state index contributed by atoms with van der Waals surface area (Å²) in [6, 6.07) is 17.6. The predicted molar refractivity (Wildman–Crippen MR) is 128 cm³/mol. The summed E-state index contributed by atoms with van der Waals surface area (Å²) in [6.45, 7) is 2.06. The van der Waals surface area contributed by atoms with Crippen LogP contribution in [0.3, 0.4) is 0 Å². The lowest BCUT2D eigenvalue weighted by molar-refractivity contribution is -0.384. The van der Waals surface area contributed by atoms with Crippen molar-refractivity contribution in [2.75, 3.05) is 24.1 Å². The summed E-state index contributed by atoms with van der Waals surface area (Å²) in [6.07, 6.45) is 0. The Morgan fingerprint density at radius 3 is 2.46 bits per heavy atom. The Kier molecular flexibility index (Phi) is 6.87. The van der Waals surface area contributed by atoms with Crippen LogP contribution < -0.4 is 19.1 Å². The van der Waals surface area contributed by atoms with Crippen molar-refractivity contribution in [3.8, 4) is 11.5 Å². The van der Waals surface area contributed by atoms with Crippen LogP contribution >= 0.6 is 0 Å². The summed E-state index contributed by atoms with van der Waals surface area (Å²) in [5, 5.41) is 14.1. The summed E-state index contributed by atoms with van der Waals surface area (Å²) in [4.78, 5) is 23.6. The molecule has 0 saturated carbocycles. The lowest BCUT2D eigenvalue weighted by atomic mass is 10.1. The SMILES string of the molecule is C[C@H](NC(=O)CN(c1cccc([N+](=O)[O-])c1)S(=O)(=O)c1ccccc1)c1ccc2c(c1)OCCO2. The molecule has 0 bridgehead atoms. The third-order valence-electron chi connectivity index (χ3n) is 5.39. The van der Waals surface area contributed by atoms with Crippen LogP contribution in [-0.2, 0) is 14.8 Å². The van der Waals surface area contributed by atoms with E-state index < -0.39 is 33.4 Å². The maximum Gasteiger partial charge on any atom is 0.271 e. The molecule has 1 amide bonds. The van der Waals surface area contributed by atoms with Gasteiger partial charge in [0.05, 0.1) is 21.5 Å². The molecule has 1 aliphatic rings. The van der Waals surface area contributed by atoms with Crippen LogP contribution in [0.25, 0.3) is 0 Å². The topological polar surface area (TPSA) is 128 Å². The Morgan fingerprint density at radius 1 is 1.03 bits per heavy atom. The van der Waals surface area contributed by atoms with E-state index in [9.17, 15) is 23.3 Å². The molecule has 1 heterocycles. The van der Waals surface area contributed by atoms with Crippen molar-refractivity contribution in [2.24, 2.45) is 0 Å². The predicted octanol–water partition coefficient (Wildman–Crippen LogP) is 3.44. The van der Waals surface area contributed by atoms with Gasteiger partial charge in [0.15, 0.2) is 11.5 Å². The van der Waals surface area contributed by atoms with Crippen molar-refractivity contribution in [2.45, 2.75) is 17.9 Å². The normalized spacial score (nSPS) is 13.5. The van der Waals surface area contributed by atoms with E-state index in [4.69, 9.17) is 9.47 Å². The van der Waals surface area contributed by atoms with Gasteiger partial charge >= 0.3 is 0 Å². The lowest BCUT2D eigenvalue weighted by Gasteiger charge is -2.25. The Balaban J connectivity index is 1.60. The number of benzene rings is 3. The van der Waals surface area contributed by atoms with Crippen LogP contribution in [0, 0.1) is 10.1 Å². The number of nitro groups is 1. The largest absolute Gasteiger partial charge is 0.486 e. The number of ether oxygens (including phenoxy) is 2. The molecule has 1 aliphatic heterocycles. The zero-order chi connectivity index (χ0) is 25.0. The van der Waals surface area contributed by atoms with E-state index in [1.54, 1.807) is 43.3 Å². The third-order valence-corrected chi connectivity index (χ3v) is 7.18. The molecule has 11 heteroatoms. The van der Waals surface area contributed by atoms with Gasteiger partial charge in [0.2, 0.25) is 5.91 Å². The second-order valence-electron chi connectivity index (χ2n) is 7.79. The molecule has 0 spiro atoms. The molecular weight excluding hydrogens is 474 g/mol. The number of sulfonamides is 1. The van der Waals surface area contributed by atoms with Crippen molar-refractivity contribution in [1.29, 1.82) is 0 Å². The molecule has 3 aromatic carbocycles. The smallest absolute Gasteiger partial charge is 0.271 e. The van der Waals surface area contributed by atoms with E-state index in [2.05, 4.69) is 5.32 Å². The van der Waals surface area contributed by atoms with E-state index >= 15 is 0 Å². The van der Waals surface area contributed by atoms with Gasteiger partial charge in [-0.25, -0.2) is 8.42 Å². The highest BCUT2D eigenvalue weighted by Gasteiger charge is 2.29. The molecular formula is C24H23N3O7S. The average molecular weight is 498 g/mol. The highest BCUT2D eigenvalue weighted by molar-refractivity contribution is 7.92. The monoisotopic (exact) mass is 497 g/mol. The molecule has 0 aliphatic carbocycles. The standard InChI is InChI=1S/C24H23N3O7S/c1-17(18-10-11-22-23(14-18)34-13-12-33-22)25-24(28)16-26(19-6-5-7-20(15-19)27(29)30)35(31,32)21-8-3-2-4-9-21/h2-11,14-15,17H,12-13,16H2,1H3,(H,25,28)/t17-/m0/s1. The molecule has 0 radical (unpaired) electrons. The molecule has 10 nitrogen and oxygen atoms in total. The fourth-order valence-corrected chi connectivity index (χ4v) is 5.06. The van der Waals surface area contributed by atoms with E-state index in [1.807, 2.05) is 0 Å². The van der Waals surface area contributed by atoms with Crippen LogP contribution in [-0.4, -0.2) is 39.0 Å². The fourth-order valence-electron chi connectivity index (χ4n) is 3.63. The Morgan fingerprint density at radius 2 is 1.74 bits per heavy atom. The first-order chi connectivity index (χ1) is 16.8. The minimum atomic E-state index is -4.19. The molecule has 1 atom stereocenters. The van der Waals surface area contributed by atoms with Gasteiger partial charge in [0.25, 0.3) is 15.7 Å². The molecule has 0 unspecified atom stereocenters. The van der Waals surface area contributed by atoms with Crippen LogP contribution in [0.5, 0.6) is 11.5 Å². The average Bonchev–Trinajstić information content (AvgIpc) is 2.87. The molecule has 0 saturated heterocycles. The number of fused-ring (bicyclic) bond motifs is 1. The van der Waals surface area contributed by atoms with Crippen molar-refractivity contribution in [1.82, 2.24) is 5.32 Å². The first kappa shape index (κ1) is 24.0. The number of hydrogen-bond acceptors (Lipinski definition) is 7. The Labute approximate surface area is 202 Å². The zero-order valence-corrected chi connectivity index (χ0v) is 19.6. The lowest BCUT2D eigenvalue weighted by Crippen LogP contribution is -2.41. The number of nitro benzene ring substituents is 1. The Bertz CT molecular complexity index is 1350. The maximum atomic E-state index is 13.4. The summed E-state index contributed by atoms with van der Waals surface area (Å²) < 4.78 is 38.8. The van der Waals surface area contributed by atoms with E-state index in [0.717, 1.165) is 15.9 Å². The molecule has 182 valence electrons. The number of amides is 1. The number of nitrogens with one attached hydrogen (secondary N) is 1. The van der Waals surface area contributed by atoms with Gasteiger partial charge in [-0.15, -0.1) is 0 Å². The zero-order valence-electron chi connectivity index (χ0n) is 18.8. The first-order valence-corrected chi connectivity index (χ1v) is 12.2. The molecule has 3 aromatic rings. The number of carbonyl (C=O) groups excluding carboxylic acids is 1. The summed E-state index contributed by atoms with van der Waals surface area (Å²) >= 11 is 0. The van der Waals surface area contributed by atoms with Crippen LogP contribution in [0.2, 0.25) is 0 Å². The van der Waals surface area contributed by atoms with Crippen LogP contribution in [0.15, 0.2) is 77.7 Å². The minimum Gasteiger partial charge on any atom is -0.486 e. The van der Waals surface area contributed by atoms with Gasteiger partial charge in [-0.3, -0.25) is 19.2 Å². The van der Waals surface area contributed by atoms with Gasteiger partial charge in [-0.1, -0.05) is 30.3 Å². The number of carbonyl (C=O) groups is 1. The van der Waals surface area contributed by atoms with Gasteiger partial charge in [0, 0.05) is 12.1 Å². The van der Waals surface area contributed by atoms with E-state index in [1.165, 1.54) is 30.3 Å². The first-order valence-electron chi connectivity index (χ1n) is 10.8. The van der Waals surface area contributed by atoms with Gasteiger partial charge in [-0.2, -0.15) is 0 Å². The molecule has 4 rings (SSSR count). The van der Waals surface area contributed by atoms with Crippen LogP contribution in [0.1, 0.15) is 18.5 Å². The number of hydrogen-bond donors (Lipinski definition) is 1. The highest BCUT2D eigenvalue weighted by Crippen LogP contribution is 2.33. The van der Waals surface area contributed by atoms with Crippen molar-refractivity contribution in [3.05, 3.63) is 88.5 Å². The van der Waals surface area contributed by atoms with Gasteiger partial charge in [0.1, 0.15) is 19.8 Å². The summed E-state index contributed by atoms with van der Waals surface area (Å²) in [5.41, 5.74) is 0.460. The van der Waals surface area contributed by atoms with Gasteiger partial charge < -0.3 is 14.8 Å². The molecule has 35 heavy (non-hydrogen) atoms. The van der Waals surface area contributed by atoms with Crippen LogP contribution in [0.4, 0.5) is 11.4 Å². The number of anilines is 1. The molecule has 0 aromatic heterocycles. The van der Waals surface area contributed by atoms with E-state index in [0.29, 0.717) is 24.7 Å². The third kappa shape index (κ3) is 5.35. The second-order valence-corrected chi connectivity index (χ2v) is 9.66. The summed E-state index contributed by atoms with van der Waals surface area (Å²) in [5.74, 6) is 0.599. The molecule has 1 N–H and O–H groups in total. The fraction of sp³-hybridized carbons (Fsp3) is 0.208. The maximum absolute atomic E-state index is 13.4. The minimum absolute atomic E-state index is 0.00480. The Hall–Kier alpha value is -4.12. The number of non-ortho nitro benzene ring substituents is 1. The molecule has 0 fully saturated rings. The van der Waals surface area contributed by atoms with Crippen molar-refractivity contribution in [3.63, 3.8) is 0 Å². The quantitative estimate of drug-likeness (QED) is 0.373. The number of nitrogens with zero attached hydrogens (tertiary/aromatic N) is 2. The van der Waals surface area contributed by atoms with E-state index in [-0.39, 0.29) is 16.3 Å². The van der Waals surface area contributed by atoms with Crippen molar-refractivity contribution >= 4 is 27.3 Å². The van der Waals surface area contributed by atoms with Crippen molar-refractivity contribution < 1.29 is 27.6 Å². The number of rotatable bonds is 8. The summed E-state index contributed by atoms with van der Waals surface area (Å²) in [7, 11) is -4.19. The second kappa shape index (κ2) is 10.0.